The van der Waals surface area contributed by atoms with Gasteiger partial charge in [0.15, 0.2) is 0 Å². The summed E-state index contributed by atoms with van der Waals surface area (Å²) in [5.41, 5.74) is 2.04. The van der Waals surface area contributed by atoms with E-state index in [4.69, 9.17) is 4.74 Å². The van der Waals surface area contributed by atoms with Crippen LogP contribution in [0.2, 0.25) is 0 Å². The van der Waals surface area contributed by atoms with Crippen molar-refractivity contribution in [3.63, 3.8) is 0 Å². The van der Waals surface area contributed by atoms with Gasteiger partial charge in [0.05, 0.1) is 12.7 Å². The molecule has 0 amide bonds. The molecule has 0 aliphatic carbocycles. The molecule has 1 rings (SSSR count). The Kier molecular flexibility index (Phi) is 7.63. The molecule has 0 radical (unpaired) electrons. The van der Waals surface area contributed by atoms with Crippen LogP contribution in [0.25, 0.3) is 0 Å². The lowest BCUT2D eigenvalue weighted by atomic mass is 9.97. The van der Waals surface area contributed by atoms with Crippen molar-refractivity contribution in [1.82, 2.24) is 5.32 Å². The van der Waals surface area contributed by atoms with Gasteiger partial charge in [-0.2, -0.15) is 0 Å². The van der Waals surface area contributed by atoms with Gasteiger partial charge in [-0.25, -0.2) is 0 Å². The first-order valence-corrected chi connectivity index (χ1v) is 7.78. The summed E-state index contributed by atoms with van der Waals surface area (Å²) in [7, 11) is 0. The third-order valence-corrected chi connectivity index (χ3v) is 3.54. The van der Waals surface area contributed by atoms with Gasteiger partial charge >= 0.3 is 0 Å². The zero-order chi connectivity index (χ0) is 15.0. The standard InChI is InChI=1S/C17H29NO2/c1-5-8-11-18-15(6-2)17(19)14-12-13(4)9-10-16(14)20-7-3/h9-10,12,15,17-19H,5-8,11H2,1-4H3. The summed E-state index contributed by atoms with van der Waals surface area (Å²) in [4.78, 5) is 0. The lowest BCUT2D eigenvalue weighted by Gasteiger charge is -2.25. The predicted octanol–water partition coefficient (Wildman–Crippen LogP) is 3.60. The molecular weight excluding hydrogens is 250 g/mol. The molecule has 3 heteroatoms. The average Bonchev–Trinajstić information content (AvgIpc) is 2.45. The first kappa shape index (κ1) is 17.0. The molecule has 0 fully saturated rings. The topological polar surface area (TPSA) is 41.5 Å². The number of nitrogens with one attached hydrogen (secondary N) is 1. The number of aliphatic hydroxyl groups is 1. The Bertz CT molecular complexity index is 393. The van der Waals surface area contributed by atoms with E-state index in [-0.39, 0.29) is 6.04 Å². The molecule has 0 aliphatic rings. The van der Waals surface area contributed by atoms with E-state index < -0.39 is 6.10 Å². The predicted molar refractivity (Wildman–Crippen MR) is 84.3 cm³/mol. The molecule has 0 spiro atoms. The van der Waals surface area contributed by atoms with Crippen molar-refractivity contribution >= 4 is 0 Å². The second-order valence-corrected chi connectivity index (χ2v) is 5.24. The van der Waals surface area contributed by atoms with Gasteiger partial charge in [-0.1, -0.05) is 31.9 Å². The van der Waals surface area contributed by atoms with E-state index >= 15 is 0 Å². The molecular formula is C17H29NO2. The zero-order valence-electron chi connectivity index (χ0n) is 13.3. The fourth-order valence-electron chi connectivity index (χ4n) is 2.35. The third-order valence-electron chi connectivity index (χ3n) is 3.54. The quantitative estimate of drug-likeness (QED) is 0.679. The molecule has 0 bridgehead atoms. The first-order chi connectivity index (χ1) is 9.63. The van der Waals surface area contributed by atoms with E-state index in [0.29, 0.717) is 6.61 Å². The Morgan fingerprint density at radius 3 is 2.60 bits per heavy atom. The van der Waals surface area contributed by atoms with Crippen molar-refractivity contribution in [3.8, 4) is 5.75 Å². The van der Waals surface area contributed by atoms with Gasteiger partial charge in [-0.15, -0.1) is 0 Å². The van der Waals surface area contributed by atoms with Crippen LogP contribution in [0.4, 0.5) is 0 Å². The molecule has 0 saturated heterocycles. The maximum atomic E-state index is 10.7. The van der Waals surface area contributed by atoms with Gasteiger partial charge < -0.3 is 15.2 Å². The summed E-state index contributed by atoms with van der Waals surface area (Å²) in [5.74, 6) is 0.793. The molecule has 2 unspecified atom stereocenters. The van der Waals surface area contributed by atoms with Crippen LogP contribution in [0.3, 0.4) is 0 Å². The van der Waals surface area contributed by atoms with Crippen molar-refractivity contribution in [1.29, 1.82) is 0 Å². The third kappa shape index (κ3) is 4.80. The number of benzene rings is 1. The highest BCUT2D eigenvalue weighted by Gasteiger charge is 2.22. The molecule has 1 aromatic carbocycles. The zero-order valence-corrected chi connectivity index (χ0v) is 13.3. The highest BCUT2D eigenvalue weighted by atomic mass is 16.5. The lowest BCUT2D eigenvalue weighted by molar-refractivity contribution is 0.122. The molecule has 0 aromatic heterocycles. The maximum absolute atomic E-state index is 10.7. The smallest absolute Gasteiger partial charge is 0.125 e. The summed E-state index contributed by atoms with van der Waals surface area (Å²) in [6.45, 7) is 9.84. The highest BCUT2D eigenvalue weighted by molar-refractivity contribution is 5.39. The van der Waals surface area contributed by atoms with Gasteiger partial charge in [0.2, 0.25) is 0 Å². The van der Waals surface area contributed by atoms with Crippen LogP contribution >= 0.6 is 0 Å². The van der Waals surface area contributed by atoms with E-state index in [0.717, 1.165) is 42.7 Å². The largest absolute Gasteiger partial charge is 0.493 e. The molecule has 114 valence electrons. The average molecular weight is 279 g/mol. The summed E-state index contributed by atoms with van der Waals surface area (Å²) < 4.78 is 5.65. The Hall–Kier alpha value is -1.06. The fraction of sp³-hybridized carbons (Fsp3) is 0.647. The van der Waals surface area contributed by atoms with Crippen molar-refractivity contribution < 1.29 is 9.84 Å². The number of ether oxygens (including phenoxy) is 1. The normalized spacial score (nSPS) is 14.1. The van der Waals surface area contributed by atoms with Gasteiger partial charge in [0.1, 0.15) is 5.75 Å². The Morgan fingerprint density at radius 2 is 2.00 bits per heavy atom. The van der Waals surface area contributed by atoms with Crippen LogP contribution in [0.15, 0.2) is 18.2 Å². The molecule has 2 N–H and O–H groups in total. The van der Waals surface area contributed by atoms with Crippen molar-refractivity contribution in [2.75, 3.05) is 13.2 Å². The van der Waals surface area contributed by atoms with E-state index in [1.165, 1.54) is 0 Å². The minimum Gasteiger partial charge on any atom is -0.493 e. The number of hydrogen-bond acceptors (Lipinski definition) is 3. The maximum Gasteiger partial charge on any atom is 0.125 e. The minimum absolute atomic E-state index is 0.0718. The van der Waals surface area contributed by atoms with Gasteiger partial charge in [0.25, 0.3) is 0 Å². The second-order valence-electron chi connectivity index (χ2n) is 5.24. The SMILES string of the molecule is CCCCNC(CC)C(O)c1cc(C)ccc1OCC. The Labute approximate surface area is 123 Å². The van der Waals surface area contributed by atoms with Crippen molar-refractivity contribution in [3.05, 3.63) is 29.3 Å². The van der Waals surface area contributed by atoms with Crippen molar-refractivity contribution in [2.45, 2.75) is 59.1 Å². The van der Waals surface area contributed by atoms with Gasteiger partial charge in [-0.05, 0) is 45.4 Å². The van der Waals surface area contributed by atoms with Crippen molar-refractivity contribution in [2.24, 2.45) is 0 Å². The molecule has 2 atom stereocenters. The lowest BCUT2D eigenvalue weighted by Crippen LogP contribution is -2.35. The van der Waals surface area contributed by atoms with E-state index in [2.05, 4.69) is 19.2 Å². The monoisotopic (exact) mass is 279 g/mol. The molecule has 0 aliphatic heterocycles. The minimum atomic E-state index is -0.529. The summed E-state index contributed by atoms with van der Waals surface area (Å²) in [6, 6.07) is 6.07. The number of unbranched alkanes of at least 4 members (excludes halogenated alkanes) is 1. The van der Waals surface area contributed by atoms with E-state index in [9.17, 15) is 5.11 Å². The van der Waals surface area contributed by atoms with Crippen LogP contribution in [0.5, 0.6) is 5.75 Å². The number of hydrogen-bond donors (Lipinski definition) is 2. The first-order valence-electron chi connectivity index (χ1n) is 7.78. The Morgan fingerprint density at radius 1 is 1.25 bits per heavy atom. The number of aliphatic hydroxyl groups excluding tert-OH is 1. The van der Waals surface area contributed by atoms with Crippen LogP contribution in [0.1, 0.15) is 57.3 Å². The van der Waals surface area contributed by atoms with E-state index in [1.54, 1.807) is 0 Å². The summed E-state index contributed by atoms with van der Waals surface area (Å²) in [5, 5.41) is 14.1. The molecule has 20 heavy (non-hydrogen) atoms. The Balaban J connectivity index is 2.86. The van der Waals surface area contributed by atoms with E-state index in [1.807, 2.05) is 32.0 Å². The van der Waals surface area contributed by atoms with Gasteiger partial charge in [-0.3, -0.25) is 0 Å². The number of aryl methyl sites for hydroxylation is 1. The summed E-state index contributed by atoms with van der Waals surface area (Å²) in [6.07, 6.45) is 2.66. The molecule has 0 saturated carbocycles. The summed E-state index contributed by atoms with van der Waals surface area (Å²) >= 11 is 0. The van der Waals surface area contributed by atoms with Crippen LogP contribution in [-0.4, -0.2) is 24.3 Å². The van der Waals surface area contributed by atoms with Gasteiger partial charge in [0, 0.05) is 11.6 Å². The van der Waals surface area contributed by atoms with Crippen LogP contribution < -0.4 is 10.1 Å². The van der Waals surface area contributed by atoms with Crippen LogP contribution in [0, 0.1) is 6.92 Å². The molecule has 1 aromatic rings. The molecule has 0 heterocycles. The molecule has 3 nitrogen and oxygen atoms in total. The fourth-order valence-corrected chi connectivity index (χ4v) is 2.35. The van der Waals surface area contributed by atoms with Crippen LogP contribution in [-0.2, 0) is 0 Å². The second kappa shape index (κ2) is 8.98. The highest BCUT2D eigenvalue weighted by Crippen LogP contribution is 2.29. The number of rotatable bonds is 9.